The van der Waals surface area contributed by atoms with E-state index in [1.165, 1.54) is 14.0 Å². The number of halogens is 1. The molecule has 1 aliphatic rings. The lowest BCUT2D eigenvalue weighted by Crippen LogP contribution is -2.38. The summed E-state index contributed by atoms with van der Waals surface area (Å²) >= 11 is 6.60. The smallest absolute Gasteiger partial charge is 0.409 e. The number of benzene rings is 1. The van der Waals surface area contributed by atoms with Gasteiger partial charge < -0.3 is 30.5 Å². The lowest BCUT2D eigenvalue weighted by Gasteiger charge is -2.31. The van der Waals surface area contributed by atoms with Crippen LogP contribution in [0, 0.1) is 12.8 Å². The van der Waals surface area contributed by atoms with Crippen LogP contribution in [-0.2, 0) is 16.0 Å². The predicted molar refractivity (Wildman–Crippen MR) is 155 cm³/mol. The van der Waals surface area contributed by atoms with E-state index >= 15 is 0 Å². The van der Waals surface area contributed by atoms with E-state index in [2.05, 4.69) is 5.32 Å². The molecule has 1 aliphatic heterocycles. The molecule has 0 aliphatic carbocycles. The highest BCUT2D eigenvalue weighted by molar-refractivity contribution is 6.33. The van der Waals surface area contributed by atoms with E-state index in [1.807, 2.05) is 6.92 Å². The molecule has 0 bridgehead atoms. The number of hydrogen-bond donors (Lipinski definition) is 3. The van der Waals surface area contributed by atoms with Crippen molar-refractivity contribution in [3.63, 3.8) is 0 Å². The summed E-state index contributed by atoms with van der Waals surface area (Å²) in [6.45, 7) is 6.88. The summed E-state index contributed by atoms with van der Waals surface area (Å²) in [5.74, 6) is 1.11. The largest absolute Gasteiger partial charge is 0.491 e. The number of aliphatic hydroxyl groups is 1. The summed E-state index contributed by atoms with van der Waals surface area (Å²) in [5, 5.41) is 13.4. The van der Waals surface area contributed by atoms with Crippen molar-refractivity contribution in [1.82, 2.24) is 20.2 Å². The molecule has 1 atom stereocenters. The molecular formula is C29H40ClN5O5. The minimum atomic E-state index is -0.673. The van der Waals surface area contributed by atoms with E-state index in [1.54, 1.807) is 37.1 Å². The van der Waals surface area contributed by atoms with Gasteiger partial charge in [0.1, 0.15) is 18.5 Å². The fourth-order valence-corrected chi connectivity index (χ4v) is 5.13. The monoisotopic (exact) mass is 573 g/mol. The number of rotatable bonds is 11. The number of carbonyl (C=O) groups excluding carboxylic acids is 2. The number of Topliss-reactive ketones (excluding diaryl/α,β-unsaturated/α-hetero) is 1. The van der Waals surface area contributed by atoms with Gasteiger partial charge in [0.2, 0.25) is 0 Å². The maximum absolute atomic E-state index is 12.6. The Bertz CT molecular complexity index is 1240. The van der Waals surface area contributed by atoms with Crippen molar-refractivity contribution >= 4 is 29.1 Å². The Morgan fingerprint density at radius 3 is 2.55 bits per heavy atom. The van der Waals surface area contributed by atoms with Gasteiger partial charge in [-0.3, -0.25) is 4.79 Å². The van der Waals surface area contributed by atoms with Crippen molar-refractivity contribution in [1.29, 1.82) is 0 Å². The Hall–Kier alpha value is -3.21. The predicted octanol–water partition coefficient (Wildman–Crippen LogP) is 3.75. The summed E-state index contributed by atoms with van der Waals surface area (Å²) in [6.07, 6.45) is 2.32. The number of likely N-dealkylation sites (tertiary alicyclic amines) is 1. The van der Waals surface area contributed by atoms with Crippen LogP contribution in [0.4, 0.5) is 4.79 Å². The second-order valence-electron chi connectivity index (χ2n) is 10.2. The third-order valence-electron chi connectivity index (χ3n) is 7.13. The normalized spacial score (nSPS) is 15.4. The number of hydrogen-bond acceptors (Lipinski definition) is 9. The zero-order valence-electron chi connectivity index (χ0n) is 23.9. The molecule has 0 saturated carbocycles. The first-order valence-corrected chi connectivity index (χ1v) is 13.9. The number of amides is 1. The van der Waals surface area contributed by atoms with E-state index < -0.39 is 6.10 Å². The summed E-state index contributed by atoms with van der Waals surface area (Å²) < 4.78 is 10.6. The van der Waals surface area contributed by atoms with Gasteiger partial charge in [0.25, 0.3) is 0 Å². The average Bonchev–Trinajstić information content (AvgIpc) is 2.92. The molecule has 0 spiro atoms. The van der Waals surface area contributed by atoms with E-state index in [0.29, 0.717) is 71.1 Å². The van der Waals surface area contributed by atoms with Gasteiger partial charge in [0, 0.05) is 36.6 Å². The minimum absolute atomic E-state index is 0.103. The summed E-state index contributed by atoms with van der Waals surface area (Å²) in [5.41, 5.74) is 9.52. The molecule has 0 unspecified atom stereocenters. The number of allylic oxidation sites excluding steroid dienone is 2. The van der Waals surface area contributed by atoms with Crippen LogP contribution in [-0.4, -0.2) is 78.4 Å². The van der Waals surface area contributed by atoms with Crippen LogP contribution in [0.5, 0.6) is 5.75 Å². The van der Waals surface area contributed by atoms with Crippen LogP contribution in [0.1, 0.15) is 50.1 Å². The van der Waals surface area contributed by atoms with Crippen LogP contribution in [0.25, 0.3) is 17.0 Å². The third kappa shape index (κ3) is 7.93. The number of aromatic nitrogens is 2. The lowest BCUT2D eigenvalue weighted by molar-refractivity contribution is -0.111. The van der Waals surface area contributed by atoms with Gasteiger partial charge in [-0.25, -0.2) is 14.8 Å². The van der Waals surface area contributed by atoms with Gasteiger partial charge in [0.05, 0.1) is 23.4 Å². The standard InChI is InChI=1S/C29H40ClN5O5/c1-17-25(9-6-20-10-12-35(13-11-20)29(38)39-5)33-28(34-27(17)26(18(2)31)19(3)36)23-14-22(7-8-24(23)30)40-16-21(37)15-32-4/h7-8,14,20-21,32,37H,6,9-13,15-16,31H2,1-5H3/t21-/m1/s1. The molecule has 3 rings (SSSR count). The van der Waals surface area contributed by atoms with Crippen molar-refractivity contribution < 1.29 is 24.2 Å². The number of piperidine rings is 1. The van der Waals surface area contributed by atoms with Gasteiger partial charge in [-0.05, 0) is 83.2 Å². The number of methoxy groups -OCH3 is 1. The maximum atomic E-state index is 12.6. The highest BCUT2D eigenvalue weighted by Crippen LogP contribution is 2.33. The van der Waals surface area contributed by atoms with Crippen molar-refractivity contribution in [3.05, 3.63) is 45.9 Å². The quantitative estimate of drug-likeness (QED) is 0.343. The molecular weight excluding hydrogens is 534 g/mol. The van der Waals surface area contributed by atoms with Crippen molar-refractivity contribution in [3.8, 4) is 17.1 Å². The summed E-state index contributed by atoms with van der Waals surface area (Å²) in [7, 11) is 3.15. The Kier molecular flexibility index (Phi) is 11.3. The highest BCUT2D eigenvalue weighted by atomic mass is 35.5. The Labute approximate surface area is 240 Å². The third-order valence-corrected chi connectivity index (χ3v) is 7.46. The molecule has 10 nitrogen and oxygen atoms in total. The molecule has 40 heavy (non-hydrogen) atoms. The van der Waals surface area contributed by atoms with Crippen LogP contribution in [0.2, 0.25) is 5.02 Å². The van der Waals surface area contributed by atoms with Crippen molar-refractivity contribution in [2.45, 2.75) is 52.6 Å². The first-order valence-electron chi connectivity index (χ1n) is 13.5. The molecule has 1 aromatic carbocycles. The van der Waals surface area contributed by atoms with E-state index in [0.717, 1.165) is 30.5 Å². The van der Waals surface area contributed by atoms with Crippen molar-refractivity contribution in [2.24, 2.45) is 11.7 Å². The average molecular weight is 574 g/mol. The van der Waals surface area contributed by atoms with Crippen LogP contribution >= 0.6 is 11.6 Å². The zero-order valence-corrected chi connectivity index (χ0v) is 24.7. The number of nitrogens with two attached hydrogens (primary N) is 1. The molecule has 4 N–H and O–H groups in total. The molecule has 11 heteroatoms. The fraction of sp³-hybridized carbons (Fsp3) is 0.517. The number of nitrogens with zero attached hydrogens (tertiary/aromatic N) is 3. The van der Waals surface area contributed by atoms with Gasteiger partial charge in [0.15, 0.2) is 11.6 Å². The van der Waals surface area contributed by atoms with Gasteiger partial charge in [-0.1, -0.05) is 11.6 Å². The van der Waals surface area contributed by atoms with Crippen LogP contribution < -0.4 is 15.8 Å². The lowest BCUT2D eigenvalue weighted by atomic mass is 9.90. The first kappa shape index (κ1) is 31.3. The zero-order chi connectivity index (χ0) is 29.4. The van der Waals surface area contributed by atoms with Gasteiger partial charge >= 0.3 is 6.09 Å². The molecule has 2 aromatic rings. The molecule has 1 saturated heterocycles. The van der Waals surface area contributed by atoms with Gasteiger partial charge in [-0.15, -0.1) is 0 Å². The molecule has 1 fully saturated rings. The molecule has 2 heterocycles. The number of ether oxygens (including phenoxy) is 2. The maximum Gasteiger partial charge on any atom is 0.409 e. The SMILES string of the molecule is CNC[C@@H](O)COc1ccc(Cl)c(-c2nc(CCC3CCN(C(=O)OC)CC3)c(C)c(C(C(C)=O)=C(C)N)n2)c1. The highest BCUT2D eigenvalue weighted by Gasteiger charge is 2.25. The molecule has 0 radical (unpaired) electrons. The van der Waals surface area contributed by atoms with Crippen LogP contribution in [0.3, 0.4) is 0 Å². The molecule has 1 amide bonds. The number of likely N-dealkylation sites (N-methyl/N-ethyl adjacent to an activating group) is 1. The number of carbonyl (C=O) groups is 2. The number of aryl methyl sites for hydroxylation is 1. The van der Waals surface area contributed by atoms with E-state index in [-0.39, 0.29) is 18.5 Å². The first-order chi connectivity index (χ1) is 19.0. The minimum Gasteiger partial charge on any atom is -0.491 e. The number of ketones is 1. The Balaban J connectivity index is 1.95. The van der Waals surface area contributed by atoms with Crippen molar-refractivity contribution in [2.75, 3.05) is 40.4 Å². The topological polar surface area (TPSA) is 140 Å². The number of nitrogens with one attached hydrogen (secondary N) is 1. The summed E-state index contributed by atoms with van der Waals surface area (Å²) in [4.78, 5) is 35.9. The van der Waals surface area contributed by atoms with Crippen LogP contribution in [0.15, 0.2) is 23.9 Å². The Morgan fingerprint density at radius 1 is 1.25 bits per heavy atom. The molecule has 218 valence electrons. The second-order valence-corrected chi connectivity index (χ2v) is 10.6. The van der Waals surface area contributed by atoms with E-state index in [9.17, 15) is 14.7 Å². The van der Waals surface area contributed by atoms with E-state index in [4.69, 9.17) is 36.8 Å². The summed E-state index contributed by atoms with van der Waals surface area (Å²) in [6, 6.07) is 5.16. The molecule has 1 aromatic heterocycles. The Morgan fingerprint density at radius 2 is 1.95 bits per heavy atom. The second kappa shape index (κ2) is 14.4. The number of aliphatic hydroxyl groups excluding tert-OH is 1. The van der Waals surface area contributed by atoms with Gasteiger partial charge in [-0.2, -0.15) is 0 Å². The fourth-order valence-electron chi connectivity index (χ4n) is 4.93.